The lowest BCUT2D eigenvalue weighted by molar-refractivity contribution is 0.0629. The van der Waals surface area contributed by atoms with Crippen LogP contribution in [0, 0.1) is 5.92 Å². The van der Waals surface area contributed by atoms with E-state index >= 15 is 0 Å². The summed E-state index contributed by atoms with van der Waals surface area (Å²) in [5, 5.41) is 1.24. The second kappa shape index (κ2) is 7.64. The molecule has 1 aliphatic heterocycles. The molecule has 1 amide bonds. The SMILES string of the molecule is CC1CCc2[nH]c3c(C(=O)N4CCN(Cc5ccccn5)CC4)cccc3c2C1. The Kier molecular flexibility index (Phi) is 4.84. The minimum absolute atomic E-state index is 0.153. The van der Waals surface area contributed by atoms with Gasteiger partial charge in [-0.3, -0.25) is 14.7 Å². The number of aryl methyl sites for hydroxylation is 1. The van der Waals surface area contributed by atoms with Crippen LogP contribution in [0.1, 0.15) is 40.7 Å². The van der Waals surface area contributed by atoms with Crippen LogP contribution in [0.3, 0.4) is 0 Å². The van der Waals surface area contributed by atoms with Crippen molar-refractivity contribution in [3.8, 4) is 0 Å². The van der Waals surface area contributed by atoms with Gasteiger partial charge in [-0.05, 0) is 48.9 Å². The highest BCUT2D eigenvalue weighted by atomic mass is 16.2. The number of rotatable bonds is 3. The molecule has 1 atom stereocenters. The molecule has 0 radical (unpaired) electrons. The van der Waals surface area contributed by atoms with Crippen LogP contribution in [0.15, 0.2) is 42.6 Å². The van der Waals surface area contributed by atoms with Gasteiger partial charge in [0.15, 0.2) is 0 Å². The van der Waals surface area contributed by atoms with Gasteiger partial charge in [0.25, 0.3) is 5.91 Å². The average Bonchev–Trinajstić information content (AvgIpc) is 3.12. The van der Waals surface area contributed by atoms with Gasteiger partial charge in [-0.25, -0.2) is 0 Å². The van der Waals surface area contributed by atoms with E-state index in [-0.39, 0.29) is 5.91 Å². The number of H-pyrrole nitrogens is 1. The van der Waals surface area contributed by atoms with Crippen molar-refractivity contribution < 1.29 is 4.79 Å². The molecule has 0 bridgehead atoms. The molecule has 1 aliphatic carbocycles. The Labute approximate surface area is 171 Å². The van der Waals surface area contributed by atoms with Crippen LogP contribution in [0.5, 0.6) is 0 Å². The van der Waals surface area contributed by atoms with Crippen LogP contribution in [-0.4, -0.2) is 51.9 Å². The molecule has 2 aromatic heterocycles. The van der Waals surface area contributed by atoms with Gasteiger partial charge >= 0.3 is 0 Å². The summed E-state index contributed by atoms with van der Waals surface area (Å²) in [7, 11) is 0. The maximum atomic E-state index is 13.3. The number of aromatic amines is 1. The van der Waals surface area contributed by atoms with Crippen molar-refractivity contribution >= 4 is 16.8 Å². The molecule has 1 N–H and O–H groups in total. The molecule has 5 heteroatoms. The molecule has 150 valence electrons. The number of aromatic nitrogens is 2. The van der Waals surface area contributed by atoms with Gasteiger partial charge in [-0.2, -0.15) is 0 Å². The zero-order valence-corrected chi connectivity index (χ0v) is 17.0. The first kappa shape index (κ1) is 18.4. The lowest BCUT2D eigenvalue weighted by Gasteiger charge is -2.34. The summed E-state index contributed by atoms with van der Waals surface area (Å²) < 4.78 is 0. The number of hydrogen-bond acceptors (Lipinski definition) is 3. The van der Waals surface area contributed by atoms with Crippen molar-refractivity contribution in [1.29, 1.82) is 0 Å². The maximum absolute atomic E-state index is 13.3. The third kappa shape index (κ3) is 3.55. The normalized spacial score (nSPS) is 20.0. The first-order chi connectivity index (χ1) is 14.2. The van der Waals surface area contributed by atoms with E-state index in [1.54, 1.807) is 0 Å². The first-order valence-corrected chi connectivity index (χ1v) is 10.7. The number of nitrogens with zero attached hydrogens (tertiary/aromatic N) is 3. The third-order valence-corrected chi connectivity index (χ3v) is 6.47. The number of nitrogens with one attached hydrogen (secondary N) is 1. The maximum Gasteiger partial charge on any atom is 0.256 e. The van der Waals surface area contributed by atoms with Crippen LogP contribution in [0.25, 0.3) is 10.9 Å². The topological polar surface area (TPSA) is 52.2 Å². The van der Waals surface area contributed by atoms with E-state index in [0.29, 0.717) is 5.92 Å². The summed E-state index contributed by atoms with van der Waals surface area (Å²) >= 11 is 0. The molecule has 1 unspecified atom stereocenters. The van der Waals surface area contributed by atoms with Crippen molar-refractivity contribution in [2.24, 2.45) is 5.92 Å². The van der Waals surface area contributed by atoms with Gasteiger partial charge in [-0.15, -0.1) is 0 Å². The first-order valence-electron chi connectivity index (χ1n) is 10.7. The number of carbonyl (C=O) groups is 1. The minimum atomic E-state index is 0.153. The number of piperazine rings is 1. The summed E-state index contributed by atoms with van der Waals surface area (Å²) in [5.41, 5.74) is 5.70. The number of amides is 1. The number of hydrogen-bond donors (Lipinski definition) is 1. The van der Waals surface area contributed by atoms with E-state index in [0.717, 1.165) is 62.3 Å². The fourth-order valence-electron chi connectivity index (χ4n) is 4.79. The van der Waals surface area contributed by atoms with E-state index in [1.165, 1.54) is 23.1 Å². The molecule has 0 spiro atoms. The Hall–Kier alpha value is -2.66. The Morgan fingerprint density at radius 1 is 1.14 bits per heavy atom. The summed E-state index contributed by atoms with van der Waals surface area (Å²) in [6.07, 6.45) is 5.26. The Balaban J connectivity index is 1.32. The predicted molar refractivity (Wildman–Crippen MR) is 115 cm³/mol. The molecular weight excluding hydrogens is 360 g/mol. The number of para-hydroxylation sites is 1. The quantitative estimate of drug-likeness (QED) is 0.745. The smallest absolute Gasteiger partial charge is 0.256 e. The molecule has 1 aromatic carbocycles. The third-order valence-electron chi connectivity index (χ3n) is 6.47. The molecule has 5 nitrogen and oxygen atoms in total. The van der Waals surface area contributed by atoms with E-state index in [2.05, 4.69) is 33.9 Å². The lowest BCUT2D eigenvalue weighted by atomic mass is 9.87. The van der Waals surface area contributed by atoms with Gasteiger partial charge in [0.05, 0.1) is 16.8 Å². The number of fused-ring (bicyclic) bond motifs is 3. The highest BCUT2D eigenvalue weighted by molar-refractivity contribution is 6.06. The molecular formula is C24H28N4O. The highest BCUT2D eigenvalue weighted by Gasteiger charge is 2.26. The van der Waals surface area contributed by atoms with Crippen molar-refractivity contribution in [1.82, 2.24) is 19.8 Å². The van der Waals surface area contributed by atoms with Crippen LogP contribution in [0.4, 0.5) is 0 Å². The van der Waals surface area contributed by atoms with Crippen LogP contribution >= 0.6 is 0 Å². The Bertz CT molecular complexity index is 1020. The summed E-state index contributed by atoms with van der Waals surface area (Å²) in [6.45, 7) is 6.47. The lowest BCUT2D eigenvalue weighted by Crippen LogP contribution is -2.48. The monoisotopic (exact) mass is 388 g/mol. The van der Waals surface area contributed by atoms with Crippen LogP contribution in [-0.2, 0) is 19.4 Å². The fraction of sp³-hybridized carbons (Fsp3) is 0.417. The standard InChI is InChI=1S/C24H28N4O/c1-17-8-9-22-21(15-17)19-6-4-7-20(23(19)26-22)24(29)28-13-11-27(12-14-28)16-18-5-2-3-10-25-18/h2-7,10,17,26H,8-9,11-16H2,1H3. The summed E-state index contributed by atoms with van der Waals surface area (Å²) in [4.78, 5) is 25.7. The molecule has 5 rings (SSSR count). The van der Waals surface area contributed by atoms with Crippen molar-refractivity contribution in [2.75, 3.05) is 26.2 Å². The van der Waals surface area contributed by atoms with Crippen molar-refractivity contribution in [2.45, 2.75) is 32.7 Å². The van der Waals surface area contributed by atoms with Gasteiger partial charge in [-0.1, -0.05) is 25.1 Å². The fourth-order valence-corrected chi connectivity index (χ4v) is 4.79. The molecule has 3 heterocycles. The second-order valence-electron chi connectivity index (χ2n) is 8.55. The van der Waals surface area contributed by atoms with Gasteiger partial charge < -0.3 is 9.88 Å². The minimum Gasteiger partial charge on any atom is -0.358 e. The van der Waals surface area contributed by atoms with Crippen molar-refractivity contribution in [3.63, 3.8) is 0 Å². The number of pyridine rings is 1. The average molecular weight is 389 g/mol. The van der Waals surface area contributed by atoms with Crippen molar-refractivity contribution in [3.05, 3.63) is 65.1 Å². The Morgan fingerprint density at radius 2 is 2.00 bits per heavy atom. The highest BCUT2D eigenvalue weighted by Crippen LogP contribution is 2.33. The number of carbonyl (C=O) groups excluding carboxylic acids is 1. The van der Waals surface area contributed by atoms with E-state index in [1.807, 2.05) is 35.4 Å². The van der Waals surface area contributed by atoms with Gasteiger partial charge in [0.2, 0.25) is 0 Å². The van der Waals surface area contributed by atoms with E-state index < -0.39 is 0 Å². The molecule has 1 saturated heterocycles. The van der Waals surface area contributed by atoms with E-state index in [9.17, 15) is 4.79 Å². The summed E-state index contributed by atoms with van der Waals surface area (Å²) in [5.74, 6) is 0.868. The molecule has 3 aromatic rings. The van der Waals surface area contributed by atoms with Gasteiger partial charge in [0.1, 0.15) is 0 Å². The van der Waals surface area contributed by atoms with Crippen LogP contribution in [0.2, 0.25) is 0 Å². The van der Waals surface area contributed by atoms with Gasteiger partial charge in [0, 0.05) is 50.0 Å². The molecule has 1 fully saturated rings. The zero-order chi connectivity index (χ0) is 19.8. The zero-order valence-electron chi connectivity index (χ0n) is 17.0. The molecule has 2 aliphatic rings. The largest absolute Gasteiger partial charge is 0.358 e. The molecule has 29 heavy (non-hydrogen) atoms. The summed E-state index contributed by atoms with van der Waals surface area (Å²) in [6, 6.07) is 12.2. The van der Waals surface area contributed by atoms with Crippen LogP contribution < -0.4 is 0 Å². The molecule has 0 saturated carbocycles. The Morgan fingerprint density at radius 3 is 2.79 bits per heavy atom. The predicted octanol–water partition coefficient (Wildman–Crippen LogP) is 3.65. The second-order valence-corrected chi connectivity index (χ2v) is 8.55. The van der Waals surface area contributed by atoms with E-state index in [4.69, 9.17) is 0 Å². The number of benzene rings is 1.